The third-order valence-electron chi connectivity index (χ3n) is 3.52. The minimum absolute atomic E-state index is 0.313. The van der Waals surface area contributed by atoms with Gasteiger partial charge in [0.2, 0.25) is 0 Å². The lowest BCUT2D eigenvalue weighted by Crippen LogP contribution is -2.18. The summed E-state index contributed by atoms with van der Waals surface area (Å²) >= 11 is 0. The third kappa shape index (κ3) is 4.35. The molecule has 2 aromatic rings. The minimum Gasteiger partial charge on any atom is -0.330 e. The first kappa shape index (κ1) is 17.5. The van der Waals surface area contributed by atoms with Crippen LogP contribution in [0.15, 0.2) is 61.2 Å². The van der Waals surface area contributed by atoms with Crippen LogP contribution in [0.5, 0.6) is 0 Å². The van der Waals surface area contributed by atoms with E-state index in [4.69, 9.17) is 0 Å². The van der Waals surface area contributed by atoms with Crippen molar-refractivity contribution in [2.75, 3.05) is 11.9 Å². The van der Waals surface area contributed by atoms with Gasteiger partial charge in [0, 0.05) is 31.2 Å². The molecule has 0 saturated carbocycles. The van der Waals surface area contributed by atoms with E-state index in [0.29, 0.717) is 11.7 Å². The van der Waals surface area contributed by atoms with Crippen LogP contribution in [0.25, 0.3) is 11.4 Å². The number of hydrogen-bond acceptors (Lipinski definition) is 5. The van der Waals surface area contributed by atoms with E-state index < -0.39 is 0 Å². The normalized spacial score (nSPS) is 13.1. The molecule has 0 fully saturated rings. The van der Waals surface area contributed by atoms with Crippen LogP contribution in [0.2, 0.25) is 0 Å². The first-order chi connectivity index (χ1) is 11.5. The summed E-state index contributed by atoms with van der Waals surface area (Å²) in [5.74, 6) is 1.79. The molecule has 0 aliphatic rings. The lowest BCUT2D eigenvalue weighted by Gasteiger charge is -2.21. The average Bonchev–Trinajstić information content (AvgIpc) is 2.59. The number of nitrogens with zero attached hydrogens (tertiary/aromatic N) is 5. The molecule has 1 atom stereocenters. The number of hydrogen-bond donors (Lipinski definition) is 0. The molecule has 0 saturated heterocycles. The SMILES string of the molecule is C=C/C(=C\C(C)/C=C\C)N(C)c1cc(-c2cnccn2)nc(C)n1. The van der Waals surface area contributed by atoms with Gasteiger partial charge in [-0.3, -0.25) is 9.97 Å². The molecule has 2 rings (SSSR count). The predicted molar refractivity (Wildman–Crippen MR) is 98.5 cm³/mol. The van der Waals surface area contributed by atoms with Crippen molar-refractivity contribution in [2.45, 2.75) is 20.8 Å². The zero-order valence-corrected chi connectivity index (χ0v) is 14.6. The summed E-state index contributed by atoms with van der Waals surface area (Å²) in [6, 6.07) is 1.91. The van der Waals surface area contributed by atoms with Crippen LogP contribution in [-0.4, -0.2) is 27.0 Å². The summed E-state index contributed by atoms with van der Waals surface area (Å²) in [7, 11) is 1.97. The molecule has 5 nitrogen and oxygen atoms in total. The molecule has 0 amide bonds. The van der Waals surface area contributed by atoms with Gasteiger partial charge in [-0.05, 0) is 25.8 Å². The first-order valence-corrected chi connectivity index (χ1v) is 7.88. The highest BCUT2D eigenvalue weighted by molar-refractivity contribution is 5.60. The van der Waals surface area contributed by atoms with E-state index in [1.54, 1.807) is 18.6 Å². The van der Waals surface area contributed by atoms with Crippen LogP contribution < -0.4 is 4.90 Å². The maximum atomic E-state index is 4.54. The molecule has 0 bridgehead atoms. The lowest BCUT2D eigenvalue weighted by molar-refractivity contribution is 0.908. The second-order valence-electron chi connectivity index (χ2n) is 5.49. The molecule has 0 aromatic carbocycles. The fourth-order valence-corrected chi connectivity index (χ4v) is 2.36. The van der Waals surface area contributed by atoms with Crippen LogP contribution in [0.3, 0.4) is 0 Å². The van der Waals surface area contributed by atoms with Gasteiger partial charge in [0.05, 0.1) is 11.9 Å². The molecular weight excluding hydrogens is 298 g/mol. The highest BCUT2D eigenvalue weighted by Crippen LogP contribution is 2.22. The second-order valence-corrected chi connectivity index (χ2v) is 5.49. The zero-order chi connectivity index (χ0) is 17.5. The number of likely N-dealkylation sites (N-methyl/N-ethyl adjacent to an activating group) is 1. The maximum absolute atomic E-state index is 4.54. The standard InChI is InChI=1S/C19H23N5/c1-6-8-14(3)11-16(7-2)24(5)19-12-17(22-15(4)23-19)18-13-20-9-10-21-18/h6-14H,2H2,1,3-5H3/b8-6-,16-11+. The van der Waals surface area contributed by atoms with Crippen molar-refractivity contribution in [1.29, 1.82) is 0 Å². The zero-order valence-electron chi connectivity index (χ0n) is 14.6. The summed E-state index contributed by atoms with van der Waals surface area (Å²) in [4.78, 5) is 19.4. The lowest BCUT2D eigenvalue weighted by atomic mass is 10.1. The van der Waals surface area contributed by atoms with Gasteiger partial charge >= 0.3 is 0 Å². The van der Waals surface area contributed by atoms with Gasteiger partial charge in [-0.25, -0.2) is 9.97 Å². The molecule has 0 aliphatic heterocycles. The van der Waals surface area contributed by atoms with E-state index in [9.17, 15) is 0 Å². The van der Waals surface area contributed by atoms with Gasteiger partial charge in [0.1, 0.15) is 17.3 Å². The van der Waals surface area contributed by atoms with Gasteiger partial charge in [0.25, 0.3) is 0 Å². The number of allylic oxidation sites excluding steroid dienone is 4. The summed E-state index contributed by atoms with van der Waals surface area (Å²) in [5.41, 5.74) is 2.47. The van der Waals surface area contributed by atoms with Crippen molar-refractivity contribution in [3.8, 4) is 11.4 Å². The molecule has 0 aliphatic carbocycles. The van der Waals surface area contributed by atoms with Gasteiger partial charge in [-0.2, -0.15) is 0 Å². The van der Waals surface area contributed by atoms with E-state index in [2.05, 4.69) is 45.6 Å². The van der Waals surface area contributed by atoms with E-state index in [1.165, 1.54) is 0 Å². The van der Waals surface area contributed by atoms with E-state index in [1.807, 2.05) is 44.0 Å². The Bertz CT molecular complexity index is 750. The fourth-order valence-electron chi connectivity index (χ4n) is 2.36. The molecular formula is C19H23N5. The Morgan fingerprint density at radius 1 is 1.25 bits per heavy atom. The van der Waals surface area contributed by atoms with E-state index in [0.717, 1.165) is 22.9 Å². The quantitative estimate of drug-likeness (QED) is 0.595. The summed E-state index contributed by atoms with van der Waals surface area (Å²) in [6.07, 6.45) is 13.2. The highest BCUT2D eigenvalue weighted by atomic mass is 15.2. The number of aryl methyl sites for hydroxylation is 1. The molecule has 0 radical (unpaired) electrons. The third-order valence-corrected chi connectivity index (χ3v) is 3.52. The van der Waals surface area contributed by atoms with Crippen molar-refractivity contribution in [3.05, 3.63) is 67.1 Å². The van der Waals surface area contributed by atoms with Gasteiger partial charge in [-0.15, -0.1) is 0 Å². The van der Waals surface area contributed by atoms with E-state index >= 15 is 0 Å². The van der Waals surface area contributed by atoms with Gasteiger partial charge in [0.15, 0.2) is 0 Å². The van der Waals surface area contributed by atoms with Crippen LogP contribution in [0.1, 0.15) is 19.7 Å². The Kier molecular flexibility index (Phi) is 5.95. The van der Waals surface area contributed by atoms with Crippen molar-refractivity contribution < 1.29 is 0 Å². The Morgan fingerprint density at radius 3 is 2.67 bits per heavy atom. The number of anilines is 1. The summed E-state index contributed by atoms with van der Waals surface area (Å²) in [6.45, 7) is 9.94. The molecule has 0 spiro atoms. The minimum atomic E-state index is 0.313. The topological polar surface area (TPSA) is 54.8 Å². The predicted octanol–water partition coefficient (Wildman–Crippen LogP) is 3.96. The molecule has 1 unspecified atom stereocenters. The van der Waals surface area contributed by atoms with Crippen LogP contribution in [-0.2, 0) is 0 Å². The highest BCUT2D eigenvalue weighted by Gasteiger charge is 2.11. The molecule has 2 aromatic heterocycles. The van der Waals surface area contributed by atoms with E-state index in [-0.39, 0.29) is 0 Å². The molecule has 124 valence electrons. The van der Waals surface area contributed by atoms with Crippen molar-refractivity contribution in [3.63, 3.8) is 0 Å². The second kappa shape index (κ2) is 8.15. The fraction of sp³-hybridized carbons (Fsp3) is 0.263. The Balaban J connectivity index is 2.40. The molecule has 24 heavy (non-hydrogen) atoms. The van der Waals surface area contributed by atoms with Crippen LogP contribution in [0, 0.1) is 12.8 Å². The van der Waals surface area contributed by atoms with Crippen molar-refractivity contribution in [1.82, 2.24) is 19.9 Å². The molecule has 0 N–H and O–H groups in total. The van der Waals surface area contributed by atoms with Gasteiger partial charge < -0.3 is 4.90 Å². The largest absolute Gasteiger partial charge is 0.330 e. The van der Waals surface area contributed by atoms with Crippen LogP contribution >= 0.6 is 0 Å². The van der Waals surface area contributed by atoms with Crippen LogP contribution in [0.4, 0.5) is 5.82 Å². The molecule has 5 heteroatoms. The number of aromatic nitrogens is 4. The van der Waals surface area contributed by atoms with Gasteiger partial charge in [-0.1, -0.05) is 31.7 Å². The Hall–Kier alpha value is -2.82. The van der Waals surface area contributed by atoms with Crippen molar-refractivity contribution in [2.24, 2.45) is 5.92 Å². The maximum Gasteiger partial charge on any atom is 0.137 e. The molecule has 2 heterocycles. The Labute approximate surface area is 143 Å². The monoisotopic (exact) mass is 321 g/mol. The first-order valence-electron chi connectivity index (χ1n) is 7.88. The number of rotatable bonds is 6. The summed E-state index contributed by atoms with van der Waals surface area (Å²) in [5, 5.41) is 0. The Morgan fingerprint density at radius 2 is 2.04 bits per heavy atom. The smallest absolute Gasteiger partial charge is 0.137 e. The average molecular weight is 321 g/mol. The summed E-state index contributed by atoms with van der Waals surface area (Å²) < 4.78 is 0. The van der Waals surface area contributed by atoms with Crippen molar-refractivity contribution >= 4 is 5.82 Å².